The summed E-state index contributed by atoms with van der Waals surface area (Å²) in [6.45, 7) is 10.8. The first-order chi connectivity index (χ1) is 21.4. The Morgan fingerprint density at radius 3 is 2.31 bits per heavy atom. The van der Waals surface area contributed by atoms with Crippen molar-refractivity contribution in [2.24, 2.45) is 4.99 Å². The Morgan fingerprint density at radius 1 is 1.00 bits per heavy atom. The van der Waals surface area contributed by atoms with Gasteiger partial charge < -0.3 is 15.0 Å². The Labute approximate surface area is 264 Å². The van der Waals surface area contributed by atoms with E-state index in [1.165, 1.54) is 40.8 Å². The number of anilines is 1. The fourth-order valence-corrected chi connectivity index (χ4v) is 6.17. The van der Waals surface area contributed by atoms with Crippen molar-refractivity contribution >= 4 is 34.2 Å². The molecule has 5 rings (SSSR count). The normalized spacial score (nSPS) is 15.2. The highest BCUT2D eigenvalue weighted by atomic mass is 32.2. The maximum atomic E-state index is 13.0. The number of nitrogens with zero attached hydrogens (tertiary/aromatic N) is 5. The van der Waals surface area contributed by atoms with Crippen LogP contribution in [0.3, 0.4) is 0 Å². The number of amidine groups is 1. The zero-order chi connectivity index (χ0) is 32.3. The summed E-state index contributed by atoms with van der Waals surface area (Å²) >= 11 is 1.59. The number of halogens is 3. The number of urea groups is 1. The van der Waals surface area contributed by atoms with E-state index in [9.17, 15) is 18.0 Å². The highest BCUT2D eigenvalue weighted by Crippen LogP contribution is 2.32. The van der Waals surface area contributed by atoms with Crippen molar-refractivity contribution in [3.8, 4) is 22.8 Å². The highest BCUT2D eigenvalue weighted by Gasteiger charge is 2.31. The molecule has 0 radical (unpaired) electrons. The zero-order valence-corrected chi connectivity index (χ0v) is 26.4. The third-order valence-electron chi connectivity index (χ3n) is 7.35. The quantitative estimate of drug-likeness (QED) is 0.230. The first kappa shape index (κ1) is 31.8. The summed E-state index contributed by atoms with van der Waals surface area (Å²) < 4.78 is 42.7. The molecule has 1 fully saturated rings. The number of carbonyl (C=O) groups is 1. The van der Waals surface area contributed by atoms with Crippen molar-refractivity contribution in [1.82, 2.24) is 20.1 Å². The average Bonchev–Trinajstić information content (AvgIpc) is 3.47. The van der Waals surface area contributed by atoms with Crippen LogP contribution in [0, 0.1) is 20.8 Å². The molecule has 4 aromatic rings. The van der Waals surface area contributed by atoms with E-state index in [2.05, 4.69) is 62.9 Å². The fourth-order valence-electron chi connectivity index (χ4n) is 5.23. The Kier molecular flexibility index (Phi) is 9.33. The summed E-state index contributed by atoms with van der Waals surface area (Å²) in [6, 6.07) is 16.8. The third-order valence-corrected chi connectivity index (χ3v) is 8.41. The third kappa shape index (κ3) is 7.75. The molecule has 45 heavy (non-hydrogen) atoms. The highest BCUT2D eigenvalue weighted by molar-refractivity contribution is 8.14. The predicted octanol–water partition coefficient (Wildman–Crippen LogP) is 8.22. The smallest absolute Gasteiger partial charge is 0.406 e. The lowest BCUT2D eigenvalue weighted by Gasteiger charge is -2.32. The van der Waals surface area contributed by atoms with Crippen molar-refractivity contribution in [2.45, 2.75) is 47.4 Å². The molecule has 3 aromatic carbocycles. The van der Waals surface area contributed by atoms with Gasteiger partial charge in [0.05, 0.1) is 5.69 Å². The Bertz CT molecular complexity index is 1740. The van der Waals surface area contributed by atoms with E-state index < -0.39 is 12.4 Å². The minimum Gasteiger partial charge on any atom is -0.406 e. The second-order valence-electron chi connectivity index (χ2n) is 10.8. The lowest BCUT2D eigenvalue weighted by molar-refractivity contribution is -0.274. The second kappa shape index (κ2) is 13.2. The van der Waals surface area contributed by atoms with Crippen LogP contribution in [-0.4, -0.2) is 44.6 Å². The predicted molar refractivity (Wildman–Crippen MR) is 173 cm³/mol. The van der Waals surface area contributed by atoms with Crippen LogP contribution in [0.4, 0.5) is 23.7 Å². The van der Waals surface area contributed by atoms with E-state index >= 15 is 0 Å². The SMILES string of the molecule is C/C(NC(=O)N=C1SCCCN1c1c(C)cc(C)cc1C)=C(/C)c1ccc(-c2ncn(-c3ccc(OC(F)(F)F)cc3)n2)cc1. The second-order valence-corrected chi connectivity index (χ2v) is 11.9. The topological polar surface area (TPSA) is 84.6 Å². The molecule has 0 aliphatic carbocycles. The molecule has 2 amide bonds. The number of allylic oxidation sites excluding steroid dienone is 2. The van der Waals surface area contributed by atoms with Gasteiger partial charge in [-0.25, -0.2) is 14.5 Å². The molecule has 12 heteroatoms. The van der Waals surface area contributed by atoms with E-state index in [1.807, 2.05) is 38.1 Å². The van der Waals surface area contributed by atoms with E-state index in [1.54, 1.807) is 11.8 Å². The summed E-state index contributed by atoms with van der Waals surface area (Å²) in [5.74, 6) is 1.04. The minimum atomic E-state index is -4.75. The molecule has 1 N–H and O–H groups in total. The average molecular weight is 635 g/mol. The summed E-state index contributed by atoms with van der Waals surface area (Å²) in [6.07, 6.45) is -2.26. The molecule has 2 heterocycles. The maximum absolute atomic E-state index is 13.0. The van der Waals surface area contributed by atoms with E-state index in [4.69, 9.17) is 0 Å². The van der Waals surface area contributed by atoms with Gasteiger partial charge in [-0.2, -0.15) is 4.99 Å². The number of rotatable bonds is 6. The van der Waals surface area contributed by atoms with Gasteiger partial charge in [-0.1, -0.05) is 53.7 Å². The van der Waals surface area contributed by atoms with Gasteiger partial charge in [0.1, 0.15) is 12.1 Å². The van der Waals surface area contributed by atoms with Crippen molar-refractivity contribution in [1.29, 1.82) is 0 Å². The summed E-state index contributed by atoms with van der Waals surface area (Å²) in [5.41, 5.74) is 8.40. The zero-order valence-electron chi connectivity index (χ0n) is 25.6. The number of nitrogens with one attached hydrogen (secondary N) is 1. The van der Waals surface area contributed by atoms with Gasteiger partial charge in [-0.3, -0.25) is 0 Å². The summed E-state index contributed by atoms with van der Waals surface area (Å²) in [4.78, 5) is 24.0. The monoisotopic (exact) mass is 634 g/mol. The minimum absolute atomic E-state index is 0.313. The van der Waals surface area contributed by atoms with Crippen LogP contribution in [0.2, 0.25) is 0 Å². The van der Waals surface area contributed by atoms with Crippen LogP contribution in [0.1, 0.15) is 42.5 Å². The fraction of sp³-hybridized carbons (Fsp3) is 0.273. The van der Waals surface area contributed by atoms with Crippen molar-refractivity contribution < 1.29 is 22.7 Å². The standard InChI is InChI=1S/C33H33F3N6O2S/c1-20-17-21(2)29(22(3)18-20)41-15-6-16-45-32(41)39-31(43)38-24(5)23(4)25-7-9-26(10-8-25)30-37-19-42(40-30)27-11-13-28(14-12-27)44-33(34,35)36/h7-14,17-19H,6,15-16H2,1-5H3,(H,38,43)/b24-23+,39-32?. The first-order valence-electron chi connectivity index (χ1n) is 14.3. The van der Waals surface area contributed by atoms with Crippen LogP contribution in [-0.2, 0) is 0 Å². The molecule has 0 bridgehead atoms. The number of aliphatic imine (C=N–C) groups is 1. The van der Waals surface area contributed by atoms with Crippen LogP contribution >= 0.6 is 11.8 Å². The van der Waals surface area contributed by atoms with Crippen LogP contribution in [0.25, 0.3) is 22.6 Å². The molecule has 0 saturated carbocycles. The van der Waals surface area contributed by atoms with Gasteiger partial charge in [0.15, 0.2) is 11.0 Å². The molecule has 0 unspecified atom stereocenters. The molecule has 0 spiro atoms. The summed E-state index contributed by atoms with van der Waals surface area (Å²) in [5, 5.41) is 8.08. The molecule has 1 saturated heterocycles. The number of benzene rings is 3. The van der Waals surface area contributed by atoms with Crippen LogP contribution in [0.15, 0.2) is 77.7 Å². The van der Waals surface area contributed by atoms with Crippen molar-refractivity contribution in [3.05, 3.63) is 94.9 Å². The van der Waals surface area contributed by atoms with E-state index in [-0.39, 0.29) is 5.75 Å². The molecule has 1 aliphatic rings. The molecule has 1 aliphatic heterocycles. The number of thioether (sulfide) groups is 1. The number of amides is 2. The number of alkyl halides is 3. The summed E-state index contributed by atoms with van der Waals surface area (Å²) in [7, 11) is 0. The molecule has 1 aromatic heterocycles. The number of aryl methyl sites for hydroxylation is 3. The first-order valence-corrected chi connectivity index (χ1v) is 15.3. The maximum Gasteiger partial charge on any atom is 0.573 e. The lowest BCUT2D eigenvalue weighted by atomic mass is 10.0. The number of hydrogen-bond acceptors (Lipinski definition) is 5. The van der Waals surface area contributed by atoms with Crippen molar-refractivity contribution in [3.63, 3.8) is 0 Å². The molecule has 234 valence electrons. The number of carbonyl (C=O) groups excluding carboxylic acids is 1. The van der Waals surface area contributed by atoms with E-state index in [0.717, 1.165) is 52.2 Å². The molecular weight excluding hydrogens is 601 g/mol. The van der Waals surface area contributed by atoms with Crippen LogP contribution in [0.5, 0.6) is 5.75 Å². The lowest BCUT2D eigenvalue weighted by Crippen LogP contribution is -2.36. The number of aromatic nitrogens is 3. The van der Waals surface area contributed by atoms with Gasteiger partial charge >= 0.3 is 12.4 Å². The molecule has 8 nitrogen and oxygen atoms in total. The molecular formula is C33H33F3N6O2S. The van der Waals surface area contributed by atoms with Crippen molar-refractivity contribution in [2.75, 3.05) is 17.2 Å². The van der Waals surface area contributed by atoms with Gasteiger partial charge in [0, 0.05) is 29.2 Å². The van der Waals surface area contributed by atoms with E-state index in [0.29, 0.717) is 22.4 Å². The molecule has 0 atom stereocenters. The number of ether oxygens (including phenoxy) is 1. The Balaban J connectivity index is 1.27. The largest absolute Gasteiger partial charge is 0.573 e. The Morgan fingerprint density at radius 2 is 1.67 bits per heavy atom. The Hall–Kier alpha value is -4.58. The van der Waals surface area contributed by atoms with Gasteiger partial charge in [-0.15, -0.1) is 18.3 Å². The van der Waals surface area contributed by atoms with Crippen LogP contribution < -0.4 is 15.0 Å². The number of hydrogen-bond donors (Lipinski definition) is 1. The van der Waals surface area contributed by atoms with Gasteiger partial charge in [0.2, 0.25) is 0 Å². The van der Waals surface area contributed by atoms with Gasteiger partial charge in [0.25, 0.3) is 0 Å². The van der Waals surface area contributed by atoms with Gasteiger partial charge in [-0.05, 0) is 87.6 Å².